The fourth-order valence-electron chi connectivity index (χ4n) is 2.27. The maximum absolute atomic E-state index is 5.67. The number of unbranched alkanes of at least 4 members (excludes halogenated alkanes) is 1. The summed E-state index contributed by atoms with van der Waals surface area (Å²) in [6, 6.07) is 16.2. The van der Waals surface area contributed by atoms with Crippen molar-refractivity contribution in [3.63, 3.8) is 0 Å². The number of hydrogen-bond acceptors (Lipinski definition) is 4. The smallest absolute Gasteiger partial charge is 0.119 e. The molecule has 2 aromatic rings. The number of anilines is 1. The minimum Gasteiger partial charge on any atom is -0.494 e. The van der Waals surface area contributed by atoms with Crippen LogP contribution in [0.15, 0.2) is 48.5 Å². The van der Waals surface area contributed by atoms with Gasteiger partial charge in [-0.15, -0.1) is 0 Å². The zero-order chi connectivity index (χ0) is 17.7. The van der Waals surface area contributed by atoms with Crippen LogP contribution in [0, 0.1) is 0 Å². The molecule has 0 spiro atoms. The summed E-state index contributed by atoms with van der Waals surface area (Å²) >= 11 is 0. The average molecular weight is 343 g/mol. The van der Waals surface area contributed by atoms with Crippen molar-refractivity contribution in [1.82, 2.24) is 0 Å². The van der Waals surface area contributed by atoms with E-state index in [1.807, 2.05) is 43.3 Å². The first kappa shape index (κ1) is 19.1. The van der Waals surface area contributed by atoms with Gasteiger partial charge < -0.3 is 19.5 Å². The molecule has 0 fully saturated rings. The van der Waals surface area contributed by atoms with E-state index >= 15 is 0 Å². The van der Waals surface area contributed by atoms with E-state index in [9.17, 15) is 0 Å². The molecule has 0 aromatic heterocycles. The Morgan fingerprint density at radius 2 is 1.40 bits per heavy atom. The molecule has 0 amide bonds. The van der Waals surface area contributed by atoms with E-state index in [0.29, 0.717) is 13.2 Å². The highest BCUT2D eigenvalue weighted by atomic mass is 16.5. The molecule has 4 nitrogen and oxygen atoms in total. The van der Waals surface area contributed by atoms with Crippen molar-refractivity contribution in [2.75, 3.05) is 31.7 Å². The molecular weight excluding hydrogens is 314 g/mol. The standard InChI is InChI=1S/C21H29NO3/c1-3-5-14-24-21-12-8-19(9-13-21)22-17-18-6-10-20(11-7-18)25-16-15-23-4-2/h6-13,22H,3-5,14-17H2,1-2H3. The van der Waals surface area contributed by atoms with Gasteiger partial charge >= 0.3 is 0 Å². The highest BCUT2D eigenvalue weighted by molar-refractivity contribution is 5.47. The van der Waals surface area contributed by atoms with Gasteiger partial charge in [0.05, 0.1) is 13.2 Å². The fraction of sp³-hybridized carbons (Fsp3) is 0.429. The van der Waals surface area contributed by atoms with E-state index in [2.05, 4.69) is 24.4 Å². The minimum absolute atomic E-state index is 0.581. The molecule has 2 rings (SSSR count). The van der Waals surface area contributed by atoms with E-state index in [1.54, 1.807) is 0 Å². The van der Waals surface area contributed by atoms with Crippen LogP contribution in [-0.4, -0.2) is 26.4 Å². The van der Waals surface area contributed by atoms with Crippen molar-refractivity contribution < 1.29 is 14.2 Å². The molecule has 2 aromatic carbocycles. The van der Waals surface area contributed by atoms with Crippen LogP contribution in [0.5, 0.6) is 11.5 Å². The summed E-state index contributed by atoms with van der Waals surface area (Å²) in [5, 5.41) is 3.42. The quantitative estimate of drug-likeness (QED) is 0.557. The molecule has 1 N–H and O–H groups in total. The van der Waals surface area contributed by atoms with E-state index in [0.717, 1.165) is 49.8 Å². The third-order valence-electron chi connectivity index (χ3n) is 3.74. The van der Waals surface area contributed by atoms with Crippen molar-refractivity contribution in [1.29, 1.82) is 0 Å². The van der Waals surface area contributed by atoms with Gasteiger partial charge in [-0.1, -0.05) is 25.5 Å². The average Bonchev–Trinajstić information content (AvgIpc) is 2.66. The highest BCUT2D eigenvalue weighted by Gasteiger charge is 1.98. The van der Waals surface area contributed by atoms with Crippen LogP contribution >= 0.6 is 0 Å². The normalized spacial score (nSPS) is 10.5. The minimum atomic E-state index is 0.581. The second-order valence-corrected chi connectivity index (χ2v) is 5.77. The van der Waals surface area contributed by atoms with Crippen LogP contribution in [0.2, 0.25) is 0 Å². The van der Waals surface area contributed by atoms with Crippen molar-refractivity contribution in [3.8, 4) is 11.5 Å². The summed E-state index contributed by atoms with van der Waals surface area (Å²) in [6.07, 6.45) is 2.24. The summed E-state index contributed by atoms with van der Waals surface area (Å²) < 4.78 is 16.6. The molecule has 0 radical (unpaired) electrons. The zero-order valence-electron chi connectivity index (χ0n) is 15.3. The Hall–Kier alpha value is -2.20. The largest absolute Gasteiger partial charge is 0.494 e. The topological polar surface area (TPSA) is 39.7 Å². The van der Waals surface area contributed by atoms with Gasteiger partial charge in [-0.25, -0.2) is 0 Å². The molecule has 0 atom stereocenters. The van der Waals surface area contributed by atoms with Crippen molar-refractivity contribution in [3.05, 3.63) is 54.1 Å². The summed E-state index contributed by atoms with van der Waals surface area (Å²) in [5.74, 6) is 1.80. The van der Waals surface area contributed by atoms with Gasteiger partial charge in [-0.2, -0.15) is 0 Å². The number of nitrogens with one attached hydrogen (secondary N) is 1. The van der Waals surface area contributed by atoms with Gasteiger partial charge in [0.25, 0.3) is 0 Å². The monoisotopic (exact) mass is 343 g/mol. The van der Waals surface area contributed by atoms with E-state index in [-0.39, 0.29) is 0 Å². The molecule has 4 heteroatoms. The summed E-state index contributed by atoms with van der Waals surface area (Å²) in [5.41, 5.74) is 2.29. The van der Waals surface area contributed by atoms with Crippen LogP contribution in [-0.2, 0) is 11.3 Å². The third kappa shape index (κ3) is 7.48. The molecule has 0 bridgehead atoms. The van der Waals surface area contributed by atoms with Crippen LogP contribution < -0.4 is 14.8 Å². The highest BCUT2D eigenvalue weighted by Crippen LogP contribution is 2.18. The Bertz CT molecular complexity index is 581. The molecule has 0 saturated heterocycles. The Morgan fingerprint density at radius 1 is 0.760 bits per heavy atom. The van der Waals surface area contributed by atoms with Crippen molar-refractivity contribution >= 4 is 5.69 Å². The Labute approximate surface area is 151 Å². The maximum atomic E-state index is 5.67. The number of ether oxygens (including phenoxy) is 3. The summed E-state index contributed by atoms with van der Waals surface area (Å²) in [4.78, 5) is 0. The van der Waals surface area contributed by atoms with Crippen LogP contribution in [0.25, 0.3) is 0 Å². The van der Waals surface area contributed by atoms with Gasteiger partial charge in [-0.05, 0) is 55.3 Å². The first-order valence-electron chi connectivity index (χ1n) is 9.08. The SMILES string of the molecule is CCCCOc1ccc(NCc2ccc(OCCOCC)cc2)cc1. The molecule has 136 valence electrons. The van der Waals surface area contributed by atoms with Gasteiger partial charge in [0, 0.05) is 18.8 Å². The Balaban J connectivity index is 1.73. The first-order chi connectivity index (χ1) is 12.3. The fourth-order valence-corrected chi connectivity index (χ4v) is 2.27. The van der Waals surface area contributed by atoms with Gasteiger partial charge in [0.15, 0.2) is 0 Å². The third-order valence-corrected chi connectivity index (χ3v) is 3.74. The molecule has 0 saturated carbocycles. The molecule has 25 heavy (non-hydrogen) atoms. The Morgan fingerprint density at radius 3 is 2.04 bits per heavy atom. The second kappa shape index (κ2) is 11.4. The van der Waals surface area contributed by atoms with Crippen LogP contribution in [0.1, 0.15) is 32.3 Å². The molecule has 0 heterocycles. The van der Waals surface area contributed by atoms with Gasteiger partial charge in [0.1, 0.15) is 18.1 Å². The predicted molar refractivity (Wildman–Crippen MR) is 103 cm³/mol. The number of hydrogen-bond donors (Lipinski definition) is 1. The lowest BCUT2D eigenvalue weighted by Gasteiger charge is -2.10. The molecule has 0 aliphatic rings. The summed E-state index contributed by atoms with van der Waals surface area (Å²) in [7, 11) is 0. The number of rotatable bonds is 12. The lowest BCUT2D eigenvalue weighted by Crippen LogP contribution is -2.06. The van der Waals surface area contributed by atoms with Crippen LogP contribution in [0.4, 0.5) is 5.69 Å². The molecule has 0 unspecified atom stereocenters. The van der Waals surface area contributed by atoms with Gasteiger partial charge in [0.2, 0.25) is 0 Å². The number of benzene rings is 2. The summed E-state index contributed by atoms with van der Waals surface area (Å²) in [6.45, 7) is 7.62. The van der Waals surface area contributed by atoms with Crippen molar-refractivity contribution in [2.45, 2.75) is 33.2 Å². The van der Waals surface area contributed by atoms with E-state index in [1.165, 1.54) is 5.56 Å². The lowest BCUT2D eigenvalue weighted by molar-refractivity contribution is 0.110. The molecular formula is C21H29NO3. The Kier molecular flexibility index (Phi) is 8.70. The maximum Gasteiger partial charge on any atom is 0.119 e. The van der Waals surface area contributed by atoms with Gasteiger partial charge in [-0.3, -0.25) is 0 Å². The van der Waals surface area contributed by atoms with E-state index < -0.39 is 0 Å². The van der Waals surface area contributed by atoms with Crippen molar-refractivity contribution in [2.24, 2.45) is 0 Å². The van der Waals surface area contributed by atoms with E-state index in [4.69, 9.17) is 14.2 Å². The second-order valence-electron chi connectivity index (χ2n) is 5.77. The zero-order valence-corrected chi connectivity index (χ0v) is 15.3. The predicted octanol–water partition coefficient (Wildman–Crippen LogP) is 4.89. The molecule has 0 aliphatic heterocycles. The molecule has 0 aliphatic carbocycles. The first-order valence-corrected chi connectivity index (χ1v) is 9.08. The lowest BCUT2D eigenvalue weighted by atomic mass is 10.2. The van der Waals surface area contributed by atoms with Crippen LogP contribution in [0.3, 0.4) is 0 Å².